The molecular weight excluding hydrogens is 228 g/mol. The Bertz CT molecular complexity index is 563. The molecule has 1 N–H and O–H groups in total. The van der Waals surface area contributed by atoms with Gasteiger partial charge in [0.05, 0.1) is 6.10 Å². The standard InChI is InChI=1S/C15H14OS/c1-10-6-7-14-11(8-10)9-13(16)12-4-2-3-5-15(12)17-14/h2-8,13,16H,9H2,1H3. The molecule has 0 amide bonds. The number of rotatable bonds is 0. The van der Waals surface area contributed by atoms with Crippen LogP contribution in [-0.4, -0.2) is 5.11 Å². The van der Waals surface area contributed by atoms with Gasteiger partial charge < -0.3 is 5.11 Å². The van der Waals surface area contributed by atoms with Gasteiger partial charge in [-0.1, -0.05) is 47.7 Å². The number of hydrogen-bond acceptors (Lipinski definition) is 2. The summed E-state index contributed by atoms with van der Waals surface area (Å²) >= 11 is 1.76. The molecule has 0 bridgehead atoms. The van der Waals surface area contributed by atoms with Crippen molar-refractivity contribution in [3.8, 4) is 0 Å². The molecule has 0 spiro atoms. The maximum atomic E-state index is 10.3. The van der Waals surface area contributed by atoms with Crippen molar-refractivity contribution in [3.05, 3.63) is 59.2 Å². The van der Waals surface area contributed by atoms with Gasteiger partial charge >= 0.3 is 0 Å². The van der Waals surface area contributed by atoms with Crippen LogP contribution in [0.5, 0.6) is 0 Å². The average Bonchev–Trinajstić information content (AvgIpc) is 2.46. The largest absolute Gasteiger partial charge is 0.388 e. The topological polar surface area (TPSA) is 20.2 Å². The van der Waals surface area contributed by atoms with Crippen LogP contribution < -0.4 is 0 Å². The molecule has 0 radical (unpaired) electrons. The molecule has 86 valence electrons. The van der Waals surface area contributed by atoms with E-state index in [1.165, 1.54) is 20.9 Å². The fraction of sp³-hybridized carbons (Fsp3) is 0.200. The van der Waals surface area contributed by atoms with E-state index in [0.29, 0.717) is 6.42 Å². The van der Waals surface area contributed by atoms with Gasteiger partial charge in [0.2, 0.25) is 0 Å². The molecular formula is C15H14OS. The Kier molecular flexibility index (Phi) is 2.69. The first-order valence-corrected chi connectivity index (χ1v) is 6.60. The van der Waals surface area contributed by atoms with Gasteiger partial charge in [0, 0.05) is 16.2 Å². The minimum absolute atomic E-state index is 0.387. The lowest BCUT2D eigenvalue weighted by Crippen LogP contribution is -2.01. The summed E-state index contributed by atoms with van der Waals surface area (Å²) in [6.45, 7) is 2.09. The highest BCUT2D eigenvalue weighted by Gasteiger charge is 2.20. The average molecular weight is 242 g/mol. The van der Waals surface area contributed by atoms with Gasteiger partial charge in [0.15, 0.2) is 0 Å². The monoisotopic (exact) mass is 242 g/mol. The predicted molar refractivity (Wildman–Crippen MR) is 70.4 cm³/mol. The van der Waals surface area contributed by atoms with Gasteiger partial charge in [-0.25, -0.2) is 0 Å². The summed E-state index contributed by atoms with van der Waals surface area (Å²) in [5.74, 6) is 0. The summed E-state index contributed by atoms with van der Waals surface area (Å²) in [4.78, 5) is 2.43. The molecule has 0 saturated heterocycles. The van der Waals surface area contributed by atoms with Gasteiger partial charge in [-0.3, -0.25) is 0 Å². The number of aryl methyl sites for hydroxylation is 1. The quantitative estimate of drug-likeness (QED) is 0.759. The predicted octanol–water partition coefficient (Wildman–Crippen LogP) is 3.74. The second-order valence-electron chi connectivity index (χ2n) is 4.47. The number of benzene rings is 2. The highest BCUT2D eigenvalue weighted by atomic mass is 32.2. The van der Waals surface area contributed by atoms with E-state index in [4.69, 9.17) is 0 Å². The Morgan fingerprint density at radius 3 is 2.82 bits per heavy atom. The highest BCUT2D eigenvalue weighted by Crippen LogP contribution is 2.40. The van der Waals surface area contributed by atoms with Crippen LogP contribution >= 0.6 is 11.8 Å². The van der Waals surface area contributed by atoms with E-state index in [2.05, 4.69) is 31.2 Å². The fourth-order valence-corrected chi connectivity index (χ4v) is 3.37. The normalized spacial score (nSPS) is 18.1. The summed E-state index contributed by atoms with van der Waals surface area (Å²) in [7, 11) is 0. The molecule has 0 saturated carbocycles. The van der Waals surface area contributed by atoms with E-state index in [1.807, 2.05) is 18.2 Å². The number of aliphatic hydroxyl groups excluding tert-OH is 1. The van der Waals surface area contributed by atoms with Gasteiger partial charge in [0.1, 0.15) is 0 Å². The van der Waals surface area contributed by atoms with Crippen molar-refractivity contribution in [1.82, 2.24) is 0 Å². The van der Waals surface area contributed by atoms with Crippen LogP contribution in [0.4, 0.5) is 0 Å². The van der Waals surface area contributed by atoms with Crippen molar-refractivity contribution in [2.24, 2.45) is 0 Å². The smallest absolute Gasteiger partial charge is 0.0841 e. The van der Waals surface area contributed by atoms with Crippen LogP contribution in [0.3, 0.4) is 0 Å². The first-order valence-electron chi connectivity index (χ1n) is 5.78. The van der Waals surface area contributed by atoms with Crippen LogP contribution in [0.1, 0.15) is 22.8 Å². The Hall–Kier alpha value is -1.25. The summed E-state index contributed by atoms with van der Waals surface area (Å²) in [5, 5.41) is 10.3. The summed E-state index contributed by atoms with van der Waals surface area (Å²) in [6.07, 6.45) is 0.322. The Morgan fingerprint density at radius 2 is 1.94 bits per heavy atom. The molecule has 1 heterocycles. The van der Waals surface area contributed by atoms with Crippen LogP contribution in [0, 0.1) is 6.92 Å². The minimum Gasteiger partial charge on any atom is -0.388 e. The van der Waals surface area contributed by atoms with Crippen LogP contribution in [0.15, 0.2) is 52.3 Å². The third-order valence-electron chi connectivity index (χ3n) is 3.13. The van der Waals surface area contributed by atoms with E-state index >= 15 is 0 Å². The molecule has 3 rings (SSSR count). The van der Waals surface area contributed by atoms with E-state index in [9.17, 15) is 5.11 Å². The molecule has 1 aliphatic heterocycles. The summed E-state index contributed by atoms with van der Waals surface area (Å²) in [5.41, 5.74) is 3.55. The Morgan fingerprint density at radius 1 is 1.12 bits per heavy atom. The second kappa shape index (κ2) is 4.21. The summed E-state index contributed by atoms with van der Waals surface area (Å²) < 4.78 is 0. The lowest BCUT2D eigenvalue weighted by Gasteiger charge is -2.10. The maximum Gasteiger partial charge on any atom is 0.0841 e. The highest BCUT2D eigenvalue weighted by molar-refractivity contribution is 7.99. The molecule has 1 nitrogen and oxygen atoms in total. The maximum absolute atomic E-state index is 10.3. The molecule has 2 aromatic rings. The van der Waals surface area contributed by atoms with Crippen molar-refractivity contribution >= 4 is 11.8 Å². The SMILES string of the molecule is Cc1ccc2c(c1)CC(O)c1ccccc1S2. The Balaban J connectivity index is 2.13. The molecule has 17 heavy (non-hydrogen) atoms. The molecule has 1 atom stereocenters. The van der Waals surface area contributed by atoms with Gasteiger partial charge in [-0.2, -0.15) is 0 Å². The lowest BCUT2D eigenvalue weighted by atomic mass is 10.0. The molecule has 1 aliphatic rings. The first-order chi connectivity index (χ1) is 8.24. The van der Waals surface area contributed by atoms with Crippen molar-refractivity contribution in [2.75, 3.05) is 0 Å². The van der Waals surface area contributed by atoms with E-state index in [-0.39, 0.29) is 6.10 Å². The third kappa shape index (κ3) is 1.99. The summed E-state index contributed by atoms with van der Waals surface area (Å²) in [6, 6.07) is 14.6. The lowest BCUT2D eigenvalue weighted by molar-refractivity contribution is 0.175. The molecule has 0 fully saturated rings. The number of fused-ring (bicyclic) bond motifs is 2. The zero-order valence-corrected chi connectivity index (χ0v) is 10.5. The first kappa shape index (κ1) is 10.9. The molecule has 1 unspecified atom stereocenters. The van der Waals surface area contributed by atoms with E-state index in [0.717, 1.165) is 5.56 Å². The second-order valence-corrected chi connectivity index (χ2v) is 5.55. The fourth-order valence-electron chi connectivity index (χ4n) is 2.25. The van der Waals surface area contributed by atoms with Crippen molar-refractivity contribution in [3.63, 3.8) is 0 Å². The van der Waals surface area contributed by atoms with Gasteiger partial charge in [-0.05, 0) is 30.2 Å². The molecule has 0 aliphatic carbocycles. The van der Waals surface area contributed by atoms with Crippen LogP contribution in [0.2, 0.25) is 0 Å². The minimum atomic E-state index is -0.387. The molecule has 0 aromatic heterocycles. The van der Waals surface area contributed by atoms with Crippen LogP contribution in [-0.2, 0) is 6.42 Å². The molecule has 2 aromatic carbocycles. The van der Waals surface area contributed by atoms with Crippen LogP contribution in [0.25, 0.3) is 0 Å². The number of aliphatic hydroxyl groups is 1. The Labute approximate surface area is 105 Å². The number of hydrogen-bond donors (Lipinski definition) is 1. The van der Waals surface area contributed by atoms with E-state index < -0.39 is 0 Å². The zero-order valence-electron chi connectivity index (χ0n) is 9.68. The third-order valence-corrected chi connectivity index (χ3v) is 4.34. The van der Waals surface area contributed by atoms with Gasteiger partial charge in [-0.15, -0.1) is 0 Å². The van der Waals surface area contributed by atoms with E-state index in [1.54, 1.807) is 11.8 Å². The van der Waals surface area contributed by atoms with Crippen molar-refractivity contribution in [2.45, 2.75) is 29.2 Å². The van der Waals surface area contributed by atoms with Crippen molar-refractivity contribution in [1.29, 1.82) is 0 Å². The molecule has 2 heteroatoms. The van der Waals surface area contributed by atoms with Gasteiger partial charge in [0.25, 0.3) is 0 Å². The van der Waals surface area contributed by atoms with Crippen molar-refractivity contribution < 1.29 is 5.11 Å². The zero-order chi connectivity index (χ0) is 11.8.